The Balaban J connectivity index is 1.97. The first kappa shape index (κ1) is 13.2. The van der Waals surface area contributed by atoms with Gasteiger partial charge in [0.05, 0.1) is 5.56 Å². The molecule has 0 bridgehead atoms. The van der Waals surface area contributed by atoms with Crippen molar-refractivity contribution in [3.63, 3.8) is 0 Å². The van der Waals surface area contributed by atoms with E-state index in [0.29, 0.717) is 17.5 Å². The molecule has 1 aromatic heterocycles. The number of H-pyrrole nitrogens is 1. The number of aromatic amines is 1. The minimum atomic E-state index is -1.17. The Morgan fingerprint density at radius 3 is 2.43 bits per heavy atom. The number of nitrogens with one attached hydrogen (secondary N) is 2. The minimum absolute atomic E-state index is 0.244. The highest BCUT2D eigenvalue weighted by atomic mass is 19.1. The summed E-state index contributed by atoms with van der Waals surface area (Å²) in [6.07, 6.45) is 1.44. The molecule has 2 N–H and O–H groups in total. The lowest BCUT2D eigenvalue weighted by Gasteiger charge is -2.07. The van der Waals surface area contributed by atoms with Crippen LogP contribution in [0, 0.1) is 17.5 Å². The van der Waals surface area contributed by atoms with Gasteiger partial charge in [-0.05, 0) is 6.07 Å². The molecule has 6 heteroatoms. The lowest BCUT2D eigenvalue weighted by molar-refractivity contribution is 0.102. The Kier molecular flexibility index (Phi) is 3.13. The molecule has 1 amide bonds. The molecule has 0 aliphatic rings. The van der Waals surface area contributed by atoms with Crippen LogP contribution in [0.1, 0.15) is 10.4 Å². The molecule has 106 valence electrons. The van der Waals surface area contributed by atoms with Gasteiger partial charge in [0.25, 0.3) is 5.91 Å². The Bertz CT molecular complexity index is 819. The molecule has 0 saturated heterocycles. The maximum absolute atomic E-state index is 13.5. The Morgan fingerprint density at radius 2 is 1.71 bits per heavy atom. The third kappa shape index (κ3) is 2.35. The molecule has 3 aromatic rings. The molecule has 0 atom stereocenters. The van der Waals surface area contributed by atoms with Gasteiger partial charge >= 0.3 is 0 Å². The van der Waals surface area contributed by atoms with Crippen molar-refractivity contribution in [2.45, 2.75) is 0 Å². The molecule has 0 fully saturated rings. The molecule has 0 unspecified atom stereocenters. The largest absolute Gasteiger partial charge is 0.360 e. The quantitative estimate of drug-likeness (QED) is 0.740. The highest BCUT2D eigenvalue weighted by Gasteiger charge is 2.17. The summed E-state index contributed by atoms with van der Waals surface area (Å²) >= 11 is 0. The maximum Gasteiger partial charge on any atom is 0.257 e. The molecule has 21 heavy (non-hydrogen) atoms. The standard InChI is InChI=1S/C15H9F3N2O/c16-8-5-11(17)14(12(18)6-8)20-15(21)10-7-19-13-4-2-1-3-9(10)13/h1-7,19H,(H,20,21). The second-order valence-electron chi connectivity index (χ2n) is 4.45. The van der Waals surface area contributed by atoms with E-state index >= 15 is 0 Å². The zero-order valence-corrected chi connectivity index (χ0v) is 10.6. The number of para-hydroxylation sites is 1. The fourth-order valence-corrected chi connectivity index (χ4v) is 2.10. The Labute approximate surface area is 117 Å². The summed E-state index contributed by atoms with van der Waals surface area (Å²) in [5, 5.41) is 2.75. The molecule has 0 aliphatic carbocycles. The van der Waals surface area contributed by atoms with Gasteiger partial charge in [0.2, 0.25) is 0 Å². The zero-order chi connectivity index (χ0) is 15.0. The van der Waals surface area contributed by atoms with Gasteiger partial charge in [-0.2, -0.15) is 0 Å². The van der Waals surface area contributed by atoms with Crippen molar-refractivity contribution in [2.24, 2.45) is 0 Å². The van der Waals surface area contributed by atoms with Crippen molar-refractivity contribution in [3.8, 4) is 0 Å². The van der Waals surface area contributed by atoms with Crippen molar-refractivity contribution in [3.05, 3.63) is 65.6 Å². The van der Waals surface area contributed by atoms with E-state index in [1.807, 2.05) is 0 Å². The molecule has 0 radical (unpaired) electrons. The number of amides is 1. The van der Waals surface area contributed by atoms with Gasteiger partial charge in [-0.15, -0.1) is 0 Å². The van der Waals surface area contributed by atoms with E-state index in [-0.39, 0.29) is 5.56 Å². The van der Waals surface area contributed by atoms with E-state index in [2.05, 4.69) is 10.3 Å². The molecule has 1 heterocycles. The van der Waals surface area contributed by atoms with Crippen LogP contribution in [0.15, 0.2) is 42.6 Å². The van der Waals surface area contributed by atoms with Crippen LogP contribution in [0.3, 0.4) is 0 Å². The first-order chi connectivity index (χ1) is 10.1. The van der Waals surface area contributed by atoms with Gasteiger partial charge in [0.1, 0.15) is 11.5 Å². The Morgan fingerprint density at radius 1 is 1.05 bits per heavy atom. The average Bonchev–Trinajstić information content (AvgIpc) is 2.86. The number of carbonyl (C=O) groups is 1. The number of benzene rings is 2. The molecule has 0 aliphatic heterocycles. The van der Waals surface area contributed by atoms with Crippen LogP contribution in [-0.2, 0) is 0 Å². The van der Waals surface area contributed by atoms with Crippen molar-refractivity contribution < 1.29 is 18.0 Å². The number of hydrogen-bond acceptors (Lipinski definition) is 1. The van der Waals surface area contributed by atoms with Gasteiger partial charge in [-0.3, -0.25) is 4.79 Å². The summed E-state index contributed by atoms with van der Waals surface area (Å²) in [7, 11) is 0. The average molecular weight is 290 g/mol. The second-order valence-corrected chi connectivity index (χ2v) is 4.45. The van der Waals surface area contributed by atoms with E-state index in [0.717, 1.165) is 5.52 Å². The fourth-order valence-electron chi connectivity index (χ4n) is 2.10. The van der Waals surface area contributed by atoms with Crippen LogP contribution in [0.5, 0.6) is 0 Å². The van der Waals surface area contributed by atoms with Crippen molar-refractivity contribution in [1.29, 1.82) is 0 Å². The number of carbonyl (C=O) groups excluding carboxylic acids is 1. The number of aromatic nitrogens is 1. The summed E-state index contributed by atoms with van der Waals surface area (Å²) in [6, 6.07) is 8.02. The van der Waals surface area contributed by atoms with Crippen molar-refractivity contribution in [2.75, 3.05) is 5.32 Å². The highest BCUT2D eigenvalue weighted by molar-refractivity contribution is 6.12. The van der Waals surface area contributed by atoms with Gasteiger partial charge in [-0.1, -0.05) is 18.2 Å². The molecular weight excluding hydrogens is 281 g/mol. The summed E-state index contributed by atoms with van der Waals surface area (Å²) in [6.45, 7) is 0. The number of hydrogen-bond donors (Lipinski definition) is 2. The van der Waals surface area contributed by atoms with E-state index in [1.54, 1.807) is 24.3 Å². The monoisotopic (exact) mass is 290 g/mol. The number of fused-ring (bicyclic) bond motifs is 1. The van der Waals surface area contributed by atoms with Crippen molar-refractivity contribution in [1.82, 2.24) is 4.98 Å². The lowest BCUT2D eigenvalue weighted by Crippen LogP contribution is -2.14. The van der Waals surface area contributed by atoms with E-state index in [4.69, 9.17) is 0 Å². The summed E-state index contributed by atoms with van der Waals surface area (Å²) in [5.74, 6) is -4.06. The van der Waals surface area contributed by atoms with Gasteiger partial charge < -0.3 is 10.3 Å². The first-order valence-electron chi connectivity index (χ1n) is 6.08. The fraction of sp³-hybridized carbons (Fsp3) is 0. The smallest absolute Gasteiger partial charge is 0.257 e. The highest BCUT2D eigenvalue weighted by Crippen LogP contribution is 2.23. The summed E-state index contributed by atoms with van der Waals surface area (Å²) in [5.41, 5.74) is 0.295. The van der Waals surface area contributed by atoms with Crippen molar-refractivity contribution >= 4 is 22.5 Å². The molecule has 0 spiro atoms. The summed E-state index contributed by atoms with van der Waals surface area (Å²) < 4.78 is 39.9. The first-order valence-corrected chi connectivity index (χ1v) is 6.08. The van der Waals surface area contributed by atoms with E-state index < -0.39 is 29.0 Å². The minimum Gasteiger partial charge on any atom is -0.360 e. The number of rotatable bonds is 2. The lowest BCUT2D eigenvalue weighted by atomic mass is 10.1. The predicted octanol–water partition coefficient (Wildman–Crippen LogP) is 3.84. The van der Waals surface area contributed by atoms with Crippen LogP contribution in [0.25, 0.3) is 10.9 Å². The SMILES string of the molecule is O=C(Nc1c(F)cc(F)cc1F)c1c[nH]c2ccccc12. The number of halogens is 3. The Hall–Kier alpha value is -2.76. The van der Waals surface area contributed by atoms with Gasteiger partial charge in [0, 0.05) is 29.2 Å². The molecule has 3 rings (SSSR count). The van der Waals surface area contributed by atoms with Gasteiger partial charge in [-0.25, -0.2) is 13.2 Å². The van der Waals surface area contributed by atoms with Gasteiger partial charge in [0.15, 0.2) is 11.6 Å². The van der Waals surface area contributed by atoms with Crippen LogP contribution >= 0.6 is 0 Å². The molecular formula is C15H9F3N2O. The van der Waals surface area contributed by atoms with Crippen LogP contribution < -0.4 is 5.32 Å². The predicted molar refractivity (Wildman–Crippen MR) is 72.6 cm³/mol. The second kappa shape index (κ2) is 4.97. The molecule has 3 nitrogen and oxygen atoms in total. The van der Waals surface area contributed by atoms with Crippen LogP contribution in [0.4, 0.5) is 18.9 Å². The number of anilines is 1. The zero-order valence-electron chi connectivity index (χ0n) is 10.6. The normalized spacial score (nSPS) is 10.8. The van der Waals surface area contributed by atoms with E-state index in [9.17, 15) is 18.0 Å². The molecule has 2 aromatic carbocycles. The summed E-state index contributed by atoms with van der Waals surface area (Å²) in [4.78, 5) is 15.0. The van der Waals surface area contributed by atoms with Crippen LogP contribution in [0.2, 0.25) is 0 Å². The van der Waals surface area contributed by atoms with E-state index in [1.165, 1.54) is 6.20 Å². The third-order valence-corrected chi connectivity index (χ3v) is 3.08. The topological polar surface area (TPSA) is 44.9 Å². The van der Waals surface area contributed by atoms with Crippen LogP contribution in [-0.4, -0.2) is 10.9 Å². The maximum atomic E-state index is 13.5. The third-order valence-electron chi connectivity index (χ3n) is 3.08. The molecule has 0 saturated carbocycles.